The Labute approximate surface area is 277 Å². The molecule has 2 atom stereocenters. The fourth-order valence-electron chi connectivity index (χ4n) is 4.06. The van der Waals surface area contributed by atoms with Crippen LogP contribution >= 0.6 is 23.5 Å². The first-order chi connectivity index (χ1) is 21.6. The molecule has 0 saturated carbocycles. The molecule has 0 radical (unpaired) electrons. The Morgan fingerprint density at radius 2 is 1.58 bits per heavy atom. The summed E-state index contributed by atoms with van der Waals surface area (Å²) in [4.78, 5) is 72.6. The van der Waals surface area contributed by atoms with Gasteiger partial charge in [0.25, 0.3) is 0 Å². The number of aldehydes is 1. The Hall–Kier alpha value is -2.74. The lowest BCUT2D eigenvalue weighted by molar-refractivity contribution is -0.139. The summed E-state index contributed by atoms with van der Waals surface area (Å²) in [6.07, 6.45) is 4.62. The molecule has 0 aliphatic rings. The number of benzene rings is 1. The molecular formula is C32H52N4O7S2. The molecule has 0 heterocycles. The van der Waals surface area contributed by atoms with Crippen LogP contribution in [0.5, 0.6) is 0 Å². The van der Waals surface area contributed by atoms with Gasteiger partial charge in [0, 0.05) is 44.9 Å². The Balaban J connectivity index is 0.00000186. The zero-order valence-electron chi connectivity index (χ0n) is 27.4. The lowest BCUT2D eigenvalue weighted by atomic mass is 10.0. The van der Waals surface area contributed by atoms with Crippen molar-refractivity contribution < 1.29 is 33.5 Å². The molecule has 3 N–H and O–H groups in total. The summed E-state index contributed by atoms with van der Waals surface area (Å²) in [5.74, 6) is 0.460. The molecule has 0 fully saturated rings. The van der Waals surface area contributed by atoms with Crippen molar-refractivity contribution in [1.29, 1.82) is 0 Å². The van der Waals surface area contributed by atoms with Crippen LogP contribution in [-0.2, 0) is 39.9 Å². The van der Waals surface area contributed by atoms with Gasteiger partial charge < -0.3 is 30.4 Å². The SMILES string of the molecule is CCCN(CC(=O)NC(C=O)CCCCCSC(C)=O)C(=O)C(Cc1ccccc1)NC(=O)CNC.CCOCCSC(C)=O. The Morgan fingerprint density at radius 1 is 0.911 bits per heavy atom. The lowest BCUT2D eigenvalue weighted by Gasteiger charge is -2.28. The van der Waals surface area contributed by atoms with Crippen LogP contribution in [-0.4, -0.2) is 103 Å². The first kappa shape index (κ1) is 42.3. The van der Waals surface area contributed by atoms with Gasteiger partial charge in [0.05, 0.1) is 25.7 Å². The Bertz CT molecular complexity index is 1010. The third-order valence-electron chi connectivity index (χ3n) is 6.11. The zero-order valence-corrected chi connectivity index (χ0v) is 29.1. The monoisotopic (exact) mass is 668 g/mol. The molecule has 0 saturated heterocycles. The normalized spacial score (nSPS) is 11.8. The standard InChI is InChI=1S/C26H40N4O5S.C6H12O2S/c1-4-14-30(18-25(34)28-22(19-31)13-9-6-10-15-36-20(2)32)26(35)23(29-24(33)17-27-3)16-21-11-7-5-8-12-21;1-3-8-4-5-9-6(2)7/h5,7-8,11-12,19,22-23,27H,4,6,9-10,13-18H2,1-3H3,(H,28,34)(H,29,33);3-5H2,1-2H3. The number of hydrogen-bond donors (Lipinski definition) is 3. The van der Waals surface area contributed by atoms with Crippen LogP contribution in [0.15, 0.2) is 30.3 Å². The highest BCUT2D eigenvalue weighted by atomic mass is 32.2. The molecule has 1 rings (SSSR count). The largest absolute Gasteiger partial charge is 0.381 e. The molecule has 13 heteroatoms. The van der Waals surface area contributed by atoms with Crippen LogP contribution in [0.1, 0.15) is 65.4 Å². The summed E-state index contributed by atoms with van der Waals surface area (Å²) in [7, 11) is 1.65. The maximum atomic E-state index is 13.4. The van der Waals surface area contributed by atoms with E-state index < -0.39 is 18.0 Å². The highest BCUT2D eigenvalue weighted by Crippen LogP contribution is 2.10. The van der Waals surface area contributed by atoms with E-state index in [9.17, 15) is 28.8 Å². The second-order valence-corrected chi connectivity index (χ2v) is 12.7. The van der Waals surface area contributed by atoms with Gasteiger partial charge >= 0.3 is 0 Å². The fraction of sp³-hybridized carbons (Fsp3) is 0.625. The molecule has 0 aliphatic carbocycles. The molecule has 2 unspecified atom stereocenters. The van der Waals surface area contributed by atoms with Crippen molar-refractivity contribution in [2.45, 2.75) is 78.3 Å². The second-order valence-electron chi connectivity index (χ2n) is 10.1. The molecule has 1 aromatic rings. The van der Waals surface area contributed by atoms with Crippen molar-refractivity contribution in [3.8, 4) is 0 Å². The summed E-state index contributed by atoms with van der Waals surface area (Å²) < 4.78 is 5.01. The van der Waals surface area contributed by atoms with Crippen molar-refractivity contribution in [3.05, 3.63) is 35.9 Å². The number of unbranched alkanes of at least 4 members (excludes halogenated alkanes) is 2. The molecule has 0 spiro atoms. The number of ether oxygens (including phenoxy) is 1. The highest BCUT2D eigenvalue weighted by molar-refractivity contribution is 8.13. The van der Waals surface area contributed by atoms with E-state index in [1.807, 2.05) is 44.2 Å². The number of likely N-dealkylation sites (N-methyl/N-ethyl adjacent to an activating group) is 1. The van der Waals surface area contributed by atoms with E-state index in [0.717, 1.165) is 42.9 Å². The number of hydrogen-bond acceptors (Lipinski definition) is 10. The van der Waals surface area contributed by atoms with Crippen molar-refractivity contribution in [2.75, 3.05) is 51.4 Å². The number of carbonyl (C=O) groups is 6. The molecule has 0 aliphatic heterocycles. The molecule has 0 aromatic heterocycles. The van der Waals surface area contributed by atoms with E-state index in [4.69, 9.17) is 4.74 Å². The molecule has 11 nitrogen and oxygen atoms in total. The van der Waals surface area contributed by atoms with Gasteiger partial charge in [0.15, 0.2) is 10.2 Å². The average molecular weight is 669 g/mol. The predicted octanol–water partition coefficient (Wildman–Crippen LogP) is 3.00. The summed E-state index contributed by atoms with van der Waals surface area (Å²) >= 11 is 2.59. The number of nitrogens with one attached hydrogen (secondary N) is 3. The first-order valence-corrected chi connectivity index (χ1v) is 17.4. The van der Waals surface area contributed by atoms with Gasteiger partial charge in [-0.3, -0.25) is 24.0 Å². The summed E-state index contributed by atoms with van der Waals surface area (Å²) in [5.41, 5.74) is 0.893. The number of carbonyl (C=O) groups excluding carboxylic acids is 6. The maximum absolute atomic E-state index is 13.4. The van der Waals surface area contributed by atoms with Gasteiger partial charge in [-0.15, -0.1) is 0 Å². The van der Waals surface area contributed by atoms with Gasteiger partial charge in [0.1, 0.15) is 12.3 Å². The van der Waals surface area contributed by atoms with Crippen LogP contribution in [0, 0.1) is 0 Å². The van der Waals surface area contributed by atoms with Crippen molar-refractivity contribution in [2.24, 2.45) is 0 Å². The minimum atomic E-state index is -0.817. The van der Waals surface area contributed by atoms with E-state index in [0.29, 0.717) is 38.7 Å². The summed E-state index contributed by atoms with van der Waals surface area (Å²) in [5, 5.41) is 8.51. The number of thioether (sulfide) groups is 2. The molecule has 45 heavy (non-hydrogen) atoms. The third kappa shape index (κ3) is 23.3. The average Bonchev–Trinajstić information content (AvgIpc) is 3.00. The van der Waals surface area contributed by atoms with Crippen LogP contribution in [0.25, 0.3) is 0 Å². The van der Waals surface area contributed by atoms with E-state index in [2.05, 4.69) is 16.0 Å². The topological polar surface area (TPSA) is 151 Å². The minimum Gasteiger partial charge on any atom is -0.381 e. The van der Waals surface area contributed by atoms with E-state index >= 15 is 0 Å². The summed E-state index contributed by atoms with van der Waals surface area (Å²) in [6, 6.07) is 7.93. The van der Waals surface area contributed by atoms with E-state index in [-0.39, 0.29) is 35.1 Å². The van der Waals surface area contributed by atoms with Crippen LogP contribution in [0.2, 0.25) is 0 Å². The van der Waals surface area contributed by atoms with Crippen LogP contribution < -0.4 is 16.0 Å². The van der Waals surface area contributed by atoms with Gasteiger partial charge in [-0.1, -0.05) is 73.6 Å². The Kier molecular flexibility index (Phi) is 25.9. The molecule has 0 bridgehead atoms. The molecule has 1 aromatic carbocycles. The van der Waals surface area contributed by atoms with Crippen molar-refractivity contribution in [1.82, 2.24) is 20.9 Å². The number of amides is 3. The highest BCUT2D eigenvalue weighted by Gasteiger charge is 2.27. The van der Waals surface area contributed by atoms with E-state index in [1.54, 1.807) is 14.0 Å². The zero-order chi connectivity index (χ0) is 33.9. The second kappa shape index (κ2) is 27.6. The smallest absolute Gasteiger partial charge is 0.245 e. The number of rotatable bonds is 22. The Morgan fingerprint density at radius 3 is 2.16 bits per heavy atom. The van der Waals surface area contributed by atoms with Gasteiger partial charge in [-0.25, -0.2) is 0 Å². The van der Waals surface area contributed by atoms with Crippen molar-refractivity contribution in [3.63, 3.8) is 0 Å². The third-order valence-corrected chi connectivity index (χ3v) is 7.78. The molecule has 254 valence electrons. The molecule has 3 amide bonds. The fourth-order valence-corrected chi connectivity index (χ4v) is 5.19. The minimum absolute atomic E-state index is 0.0707. The molecular weight excluding hydrogens is 617 g/mol. The predicted molar refractivity (Wildman–Crippen MR) is 182 cm³/mol. The van der Waals surface area contributed by atoms with E-state index in [1.165, 1.54) is 35.3 Å². The van der Waals surface area contributed by atoms with Crippen molar-refractivity contribution >= 4 is 57.8 Å². The summed E-state index contributed by atoms with van der Waals surface area (Å²) in [6.45, 7) is 8.59. The van der Waals surface area contributed by atoms with Gasteiger partial charge in [-0.2, -0.15) is 0 Å². The first-order valence-electron chi connectivity index (χ1n) is 15.4. The van der Waals surface area contributed by atoms with Crippen LogP contribution in [0.4, 0.5) is 0 Å². The quantitative estimate of drug-likeness (QED) is 0.124. The van der Waals surface area contributed by atoms with Crippen LogP contribution in [0.3, 0.4) is 0 Å². The maximum Gasteiger partial charge on any atom is 0.245 e. The lowest BCUT2D eigenvalue weighted by Crippen LogP contribution is -2.54. The van der Waals surface area contributed by atoms with Gasteiger partial charge in [-0.05, 0) is 38.8 Å². The van der Waals surface area contributed by atoms with Gasteiger partial charge in [0.2, 0.25) is 17.7 Å². The number of nitrogens with zero attached hydrogens (tertiary/aromatic N) is 1.